The minimum Gasteiger partial charge on any atom is -0.490 e. The molecular weight excluding hydrogens is 268 g/mol. The summed E-state index contributed by atoms with van der Waals surface area (Å²) < 4.78 is 10.5. The quantitative estimate of drug-likeness (QED) is 0.801. The Morgan fingerprint density at radius 1 is 1.05 bits per heavy atom. The van der Waals surface area contributed by atoms with E-state index in [1.807, 2.05) is 48.5 Å². The first-order valence-electron chi connectivity index (χ1n) is 6.68. The number of carbonyl (C=O) groups is 1. The molecule has 2 aromatic rings. The molecule has 0 heterocycles. The normalized spacial score (nSPS) is 9.95. The third kappa shape index (κ3) is 5.16. The fraction of sp³-hybridized carbons (Fsp3) is 0.188. The second-order valence-electron chi connectivity index (χ2n) is 4.33. The van der Waals surface area contributed by atoms with Crippen LogP contribution in [0.15, 0.2) is 54.6 Å². The topological polar surface area (TPSA) is 73.6 Å². The number of nitrogens with two attached hydrogens (primary N) is 1. The van der Waals surface area contributed by atoms with E-state index in [0.717, 1.165) is 11.3 Å². The molecule has 0 saturated carbocycles. The molecule has 5 heteroatoms. The molecular formula is C16H18N2O3. The van der Waals surface area contributed by atoms with Crippen molar-refractivity contribution < 1.29 is 14.3 Å². The van der Waals surface area contributed by atoms with Crippen molar-refractivity contribution in [2.45, 2.75) is 6.54 Å². The molecule has 0 fully saturated rings. The van der Waals surface area contributed by atoms with Crippen LogP contribution in [0.2, 0.25) is 0 Å². The molecule has 2 aromatic carbocycles. The molecule has 0 aliphatic heterocycles. The van der Waals surface area contributed by atoms with Gasteiger partial charge in [-0.3, -0.25) is 5.32 Å². The van der Waals surface area contributed by atoms with Crippen LogP contribution in [0.3, 0.4) is 0 Å². The molecule has 5 nitrogen and oxygen atoms in total. The summed E-state index contributed by atoms with van der Waals surface area (Å²) in [5, 5.41) is 2.64. The fourth-order valence-electron chi connectivity index (χ4n) is 1.74. The van der Waals surface area contributed by atoms with Gasteiger partial charge in [-0.15, -0.1) is 0 Å². The van der Waals surface area contributed by atoms with E-state index in [2.05, 4.69) is 5.32 Å². The van der Waals surface area contributed by atoms with Crippen LogP contribution in [0.4, 0.5) is 10.5 Å². The molecule has 0 aliphatic carbocycles. The fourth-order valence-corrected chi connectivity index (χ4v) is 1.74. The van der Waals surface area contributed by atoms with E-state index in [1.165, 1.54) is 0 Å². The molecule has 0 bridgehead atoms. The van der Waals surface area contributed by atoms with E-state index in [9.17, 15) is 4.79 Å². The van der Waals surface area contributed by atoms with E-state index in [4.69, 9.17) is 15.2 Å². The summed E-state index contributed by atoms with van der Waals surface area (Å²) in [5.41, 5.74) is 7.15. The lowest BCUT2D eigenvalue weighted by atomic mass is 10.2. The molecule has 3 N–H and O–H groups in total. The van der Waals surface area contributed by atoms with E-state index >= 15 is 0 Å². The summed E-state index contributed by atoms with van der Waals surface area (Å²) in [6.07, 6.45) is -0.513. The van der Waals surface area contributed by atoms with Crippen LogP contribution in [-0.4, -0.2) is 19.3 Å². The van der Waals surface area contributed by atoms with Crippen molar-refractivity contribution >= 4 is 11.8 Å². The van der Waals surface area contributed by atoms with Gasteiger partial charge in [-0.05, 0) is 29.8 Å². The van der Waals surface area contributed by atoms with E-state index in [1.54, 1.807) is 6.07 Å². The summed E-state index contributed by atoms with van der Waals surface area (Å²) in [4.78, 5) is 11.6. The Kier molecular flexibility index (Phi) is 5.60. The highest BCUT2D eigenvalue weighted by Crippen LogP contribution is 2.10. The Bertz CT molecular complexity index is 573. The van der Waals surface area contributed by atoms with Crippen LogP contribution in [0, 0.1) is 0 Å². The van der Waals surface area contributed by atoms with Crippen molar-refractivity contribution in [3.05, 3.63) is 60.2 Å². The van der Waals surface area contributed by atoms with Crippen LogP contribution in [0.1, 0.15) is 5.56 Å². The van der Waals surface area contributed by atoms with Gasteiger partial charge >= 0.3 is 6.09 Å². The van der Waals surface area contributed by atoms with Crippen molar-refractivity contribution in [1.82, 2.24) is 0 Å². The van der Waals surface area contributed by atoms with Gasteiger partial charge < -0.3 is 15.2 Å². The molecule has 0 atom stereocenters. The zero-order chi connectivity index (χ0) is 14.9. The number of amides is 1. The van der Waals surface area contributed by atoms with Gasteiger partial charge in [0.25, 0.3) is 0 Å². The Balaban J connectivity index is 1.70. The lowest BCUT2D eigenvalue weighted by Gasteiger charge is -2.09. The number of para-hydroxylation sites is 1. The largest absolute Gasteiger partial charge is 0.490 e. The van der Waals surface area contributed by atoms with Crippen LogP contribution in [-0.2, 0) is 11.3 Å². The summed E-state index contributed by atoms with van der Waals surface area (Å²) >= 11 is 0. The van der Waals surface area contributed by atoms with Crippen molar-refractivity contribution in [3.8, 4) is 5.75 Å². The van der Waals surface area contributed by atoms with Crippen LogP contribution >= 0.6 is 0 Å². The molecule has 0 aromatic heterocycles. The smallest absolute Gasteiger partial charge is 0.411 e. The number of nitrogens with one attached hydrogen (secondary N) is 1. The maximum atomic E-state index is 11.6. The van der Waals surface area contributed by atoms with Crippen LogP contribution in [0.5, 0.6) is 5.75 Å². The average Bonchev–Trinajstić information content (AvgIpc) is 2.53. The molecule has 21 heavy (non-hydrogen) atoms. The van der Waals surface area contributed by atoms with Gasteiger partial charge in [0.05, 0.1) is 0 Å². The minimum atomic E-state index is -0.513. The predicted octanol–water partition coefficient (Wildman–Crippen LogP) is 2.77. The number of ether oxygens (including phenoxy) is 2. The molecule has 110 valence electrons. The number of hydrogen-bond donors (Lipinski definition) is 2. The third-order valence-electron chi connectivity index (χ3n) is 2.74. The van der Waals surface area contributed by atoms with E-state index in [-0.39, 0.29) is 6.61 Å². The summed E-state index contributed by atoms with van der Waals surface area (Å²) in [5.74, 6) is 0.747. The van der Waals surface area contributed by atoms with E-state index < -0.39 is 6.09 Å². The van der Waals surface area contributed by atoms with Crippen molar-refractivity contribution in [3.63, 3.8) is 0 Å². The lowest BCUT2D eigenvalue weighted by Crippen LogP contribution is -2.17. The molecule has 0 aliphatic rings. The summed E-state index contributed by atoms with van der Waals surface area (Å²) in [6, 6.07) is 16.7. The summed E-state index contributed by atoms with van der Waals surface area (Å²) in [7, 11) is 0. The average molecular weight is 286 g/mol. The molecule has 0 spiro atoms. The Morgan fingerprint density at radius 2 is 1.86 bits per heavy atom. The van der Waals surface area contributed by atoms with Gasteiger partial charge in [0.1, 0.15) is 19.0 Å². The van der Waals surface area contributed by atoms with Crippen LogP contribution < -0.4 is 15.8 Å². The Morgan fingerprint density at radius 3 is 2.62 bits per heavy atom. The van der Waals surface area contributed by atoms with Crippen molar-refractivity contribution in [2.75, 3.05) is 18.5 Å². The van der Waals surface area contributed by atoms with Gasteiger partial charge in [0.2, 0.25) is 0 Å². The predicted molar refractivity (Wildman–Crippen MR) is 81.2 cm³/mol. The number of benzene rings is 2. The zero-order valence-electron chi connectivity index (χ0n) is 11.6. The monoisotopic (exact) mass is 286 g/mol. The summed E-state index contributed by atoms with van der Waals surface area (Å²) in [6.45, 7) is 0.910. The first-order valence-corrected chi connectivity index (χ1v) is 6.68. The third-order valence-corrected chi connectivity index (χ3v) is 2.74. The first kappa shape index (κ1) is 14.9. The highest BCUT2D eigenvalue weighted by atomic mass is 16.6. The molecule has 0 saturated heterocycles. The van der Waals surface area contributed by atoms with Gasteiger partial charge in [-0.2, -0.15) is 0 Å². The molecule has 0 unspecified atom stereocenters. The van der Waals surface area contributed by atoms with Crippen molar-refractivity contribution in [2.24, 2.45) is 5.73 Å². The standard InChI is InChI=1S/C16H18N2O3/c17-12-13-5-4-6-14(11-13)18-16(19)21-10-9-20-15-7-2-1-3-8-15/h1-8,11H,9-10,12,17H2,(H,18,19). The van der Waals surface area contributed by atoms with Crippen LogP contribution in [0.25, 0.3) is 0 Å². The maximum Gasteiger partial charge on any atom is 0.411 e. The Hall–Kier alpha value is -2.53. The molecule has 1 amide bonds. The number of hydrogen-bond acceptors (Lipinski definition) is 4. The number of anilines is 1. The SMILES string of the molecule is NCc1cccc(NC(=O)OCCOc2ccccc2)c1. The lowest BCUT2D eigenvalue weighted by molar-refractivity contribution is 0.138. The highest BCUT2D eigenvalue weighted by Gasteiger charge is 2.03. The second kappa shape index (κ2) is 7.91. The highest BCUT2D eigenvalue weighted by molar-refractivity contribution is 5.84. The molecule has 2 rings (SSSR count). The van der Waals surface area contributed by atoms with Gasteiger partial charge in [-0.1, -0.05) is 30.3 Å². The van der Waals surface area contributed by atoms with E-state index in [0.29, 0.717) is 18.8 Å². The molecule has 0 radical (unpaired) electrons. The van der Waals surface area contributed by atoms with Crippen molar-refractivity contribution in [1.29, 1.82) is 0 Å². The van der Waals surface area contributed by atoms with Gasteiger partial charge in [-0.25, -0.2) is 4.79 Å². The second-order valence-corrected chi connectivity index (χ2v) is 4.33. The maximum absolute atomic E-state index is 11.6. The first-order chi connectivity index (χ1) is 10.3. The zero-order valence-corrected chi connectivity index (χ0v) is 11.6. The number of rotatable bonds is 6. The number of carbonyl (C=O) groups excluding carboxylic acids is 1. The van der Waals surface area contributed by atoms with Gasteiger partial charge in [0.15, 0.2) is 0 Å². The Labute approximate surface area is 123 Å². The minimum absolute atomic E-state index is 0.178. The van der Waals surface area contributed by atoms with Gasteiger partial charge in [0, 0.05) is 12.2 Å².